The highest BCUT2D eigenvalue weighted by Gasteiger charge is 2.23. The van der Waals surface area contributed by atoms with Gasteiger partial charge in [0, 0.05) is 55.8 Å². The van der Waals surface area contributed by atoms with Crippen molar-refractivity contribution < 1.29 is 14.4 Å². The number of halogens is 1. The second-order valence-corrected chi connectivity index (χ2v) is 10.8. The van der Waals surface area contributed by atoms with Crippen molar-refractivity contribution in [3.05, 3.63) is 53.1 Å². The van der Waals surface area contributed by atoms with Crippen molar-refractivity contribution in [3.8, 4) is 0 Å². The predicted octanol–water partition coefficient (Wildman–Crippen LogP) is 5.50. The van der Waals surface area contributed by atoms with Crippen LogP contribution in [0.25, 0.3) is 11.0 Å². The monoisotopic (exact) mass is 535 g/mol. The normalized spacial score (nSPS) is 15.9. The molecule has 1 aliphatic carbocycles. The fraction of sp³-hybridized carbons (Fsp3) is 0.448. The molecule has 1 N–H and O–H groups in total. The fourth-order valence-corrected chi connectivity index (χ4v) is 5.65. The molecule has 1 aromatic heterocycles. The van der Waals surface area contributed by atoms with E-state index in [2.05, 4.69) is 5.32 Å². The van der Waals surface area contributed by atoms with Crippen LogP contribution < -0.4 is 10.2 Å². The Morgan fingerprint density at radius 3 is 2.55 bits per heavy atom. The van der Waals surface area contributed by atoms with E-state index in [0.29, 0.717) is 53.9 Å². The van der Waals surface area contributed by atoms with Gasteiger partial charge in [0.1, 0.15) is 0 Å². The zero-order valence-electron chi connectivity index (χ0n) is 21.8. The molecule has 1 saturated carbocycles. The molecule has 2 aliphatic rings. The Hall–Kier alpha value is -3.39. The van der Waals surface area contributed by atoms with Crippen molar-refractivity contribution in [3.63, 3.8) is 0 Å². The van der Waals surface area contributed by atoms with Gasteiger partial charge in [-0.1, -0.05) is 24.4 Å². The molecule has 0 atom stereocenters. The van der Waals surface area contributed by atoms with Gasteiger partial charge >= 0.3 is 0 Å². The van der Waals surface area contributed by atoms with Crippen LogP contribution in [0.5, 0.6) is 0 Å². The summed E-state index contributed by atoms with van der Waals surface area (Å²) in [6.07, 6.45) is 7.51. The number of nitrogens with one attached hydrogen (secondary N) is 1. The Morgan fingerprint density at radius 2 is 1.84 bits per heavy atom. The first-order valence-corrected chi connectivity index (χ1v) is 13.9. The molecule has 3 amide bonds. The number of nitrogens with zero attached hydrogens (tertiary/aromatic N) is 4. The van der Waals surface area contributed by atoms with Gasteiger partial charge in [-0.05, 0) is 74.1 Å². The SMILES string of the molecule is CN(C(=O)CC1CCCC1)c1ccc2c(c1)nc(NC(=O)c1ccc(Cl)cc1)n2CCCN1CCCC1=O. The van der Waals surface area contributed by atoms with Gasteiger partial charge in [0.25, 0.3) is 5.91 Å². The highest BCUT2D eigenvalue weighted by atomic mass is 35.5. The smallest absolute Gasteiger partial charge is 0.257 e. The average molecular weight is 536 g/mol. The number of benzene rings is 2. The summed E-state index contributed by atoms with van der Waals surface area (Å²) >= 11 is 5.98. The third-order valence-electron chi connectivity index (χ3n) is 7.74. The van der Waals surface area contributed by atoms with Gasteiger partial charge in [-0.2, -0.15) is 0 Å². The number of aryl methyl sites for hydroxylation is 1. The van der Waals surface area contributed by atoms with E-state index in [-0.39, 0.29) is 17.7 Å². The van der Waals surface area contributed by atoms with Crippen LogP contribution in [0.4, 0.5) is 11.6 Å². The van der Waals surface area contributed by atoms with Gasteiger partial charge in [0.15, 0.2) is 0 Å². The first-order valence-electron chi connectivity index (χ1n) is 13.5. The summed E-state index contributed by atoms with van der Waals surface area (Å²) in [5, 5.41) is 3.51. The number of fused-ring (bicyclic) bond motifs is 1. The van der Waals surface area contributed by atoms with E-state index in [1.807, 2.05) is 34.7 Å². The number of carbonyl (C=O) groups excluding carboxylic acids is 3. The molecule has 2 aromatic carbocycles. The topological polar surface area (TPSA) is 87.5 Å². The molecular formula is C29H34ClN5O3. The van der Waals surface area contributed by atoms with Crippen LogP contribution in [0.1, 0.15) is 61.7 Å². The Bertz CT molecular complexity index is 1330. The quantitative estimate of drug-likeness (QED) is 0.392. The molecule has 0 spiro atoms. The molecule has 0 bridgehead atoms. The maximum absolute atomic E-state index is 13.0. The van der Waals surface area contributed by atoms with E-state index < -0.39 is 0 Å². The molecule has 38 heavy (non-hydrogen) atoms. The van der Waals surface area contributed by atoms with E-state index in [1.54, 1.807) is 29.2 Å². The third kappa shape index (κ3) is 5.85. The second kappa shape index (κ2) is 11.6. The second-order valence-electron chi connectivity index (χ2n) is 10.4. The van der Waals surface area contributed by atoms with Crippen molar-refractivity contribution in [1.82, 2.24) is 14.5 Å². The number of amides is 3. The molecule has 8 nitrogen and oxygen atoms in total. The summed E-state index contributed by atoms with van der Waals surface area (Å²) < 4.78 is 1.98. The highest BCUT2D eigenvalue weighted by molar-refractivity contribution is 6.30. The summed E-state index contributed by atoms with van der Waals surface area (Å²) in [6, 6.07) is 12.5. The molecular weight excluding hydrogens is 502 g/mol. The van der Waals surface area contributed by atoms with E-state index in [0.717, 1.165) is 43.4 Å². The van der Waals surface area contributed by atoms with Gasteiger partial charge in [0.05, 0.1) is 11.0 Å². The number of anilines is 2. The summed E-state index contributed by atoms with van der Waals surface area (Å²) in [7, 11) is 1.81. The van der Waals surface area contributed by atoms with Crippen molar-refractivity contribution >= 4 is 52.0 Å². The first-order chi connectivity index (χ1) is 18.4. The van der Waals surface area contributed by atoms with Gasteiger partial charge < -0.3 is 14.4 Å². The summed E-state index contributed by atoms with van der Waals surface area (Å²) in [6.45, 7) is 2.06. The molecule has 1 aliphatic heterocycles. The largest absolute Gasteiger partial charge is 0.343 e. The Balaban J connectivity index is 1.38. The minimum atomic E-state index is -0.281. The van der Waals surface area contributed by atoms with Crippen LogP contribution in [0, 0.1) is 5.92 Å². The number of aromatic nitrogens is 2. The molecule has 0 unspecified atom stereocenters. The van der Waals surface area contributed by atoms with E-state index in [4.69, 9.17) is 16.6 Å². The zero-order valence-corrected chi connectivity index (χ0v) is 22.5. The molecule has 5 rings (SSSR count). The molecule has 9 heteroatoms. The molecule has 1 saturated heterocycles. The lowest BCUT2D eigenvalue weighted by molar-refractivity contribution is -0.127. The van der Waals surface area contributed by atoms with E-state index in [1.165, 1.54) is 12.8 Å². The lowest BCUT2D eigenvalue weighted by Crippen LogP contribution is -2.27. The van der Waals surface area contributed by atoms with Crippen LogP contribution in [0.15, 0.2) is 42.5 Å². The Morgan fingerprint density at radius 1 is 1.08 bits per heavy atom. The lowest BCUT2D eigenvalue weighted by Gasteiger charge is -2.19. The van der Waals surface area contributed by atoms with Crippen LogP contribution in [0.3, 0.4) is 0 Å². The molecule has 2 heterocycles. The summed E-state index contributed by atoms with van der Waals surface area (Å²) in [5.41, 5.74) is 2.83. The minimum Gasteiger partial charge on any atom is -0.343 e. The van der Waals surface area contributed by atoms with Crippen LogP contribution in [-0.4, -0.2) is 52.3 Å². The van der Waals surface area contributed by atoms with Crippen molar-refractivity contribution in [1.29, 1.82) is 0 Å². The lowest BCUT2D eigenvalue weighted by atomic mass is 10.0. The van der Waals surface area contributed by atoms with Crippen LogP contribution in [0.2, 0.25) is 5.02 Å². The fourth-order valence-electron chi connectivity index (χ4n) is 5.53. The maximum atomic E-state index is 13.0. The summed E-state index contributed by atoms with van der Waals surface area (Å²) in [4.78, 5) is 46.3. The molecule has 0 radical (unpaired) electrons. The number of hydrogen-bond donors (Lipinski definition) is 1. The van der Waals surface area contributed by atoms with Crippen molar-refractivity contribution in [2.75, 3.05) is 30.4 Å². The average Bonchev–Trinajstić information content (AvgIpc) is 3.65. The van der Waals surface area contributed by atoms with Gasteiger partial charge in [-0.25, -0.2) is 4.98 Å². The minimum absolute atomic E-state index is 0.113. The third-order valence-corrected chi connectivity index (χ3v) is 8.00. The molecule has 3 aromatic rings. The zero-order chi connectivity index (χ0) is 26.6. The molecule has 200 valence electrons. The van der Waals surface area contributed by atoms with Crippen molar-refractivity contribution in [2.24, 2.45) is 5.92 Å². The van der Waals surface area contributed by atoms with Gasteiger partial charge in [-0.15, -0.1) is 0 Å². The summed E-state index contributed by atoms with van der Waals surface area (Å²) in [5.74, 6) is 0.945. The Kier molecular flexibility index (Phi) is 7.98. The van der Waals surface area contributed by atoms with Gasteiger partial charge in [-0.3, -0.25) is 19.7 Å². The number of likely N-dealkylation sites (tertiary alicyclic amines) is 1. The number of hydrogen-bond acceptors (Lipinski definition) is 4. The number of imidazole rings is 1. The van der Waals surface area contributed by atoms with Gasteiger partial charge in [0.2, 0.25) is 17.8 Å². The maximum Gasteiger partial charge on any atom is 0.257 e. The van der Waals surface area contributed by atoms with E-state index in [9.17, 15) is 14.4 Å². The predicted molar refractivity (Wildman–Crippen MR) is 150 cm³/mol. The standard InChI is InChI=1S/C29H34ClN5O3/c1-33(27(37)18-20-6-2-3-7-20)23-13-14-25-24(19-23)31-29(32-28(38)21-9-11-22(30)12-10-21)35(25)17-5-16-34-15-4-8-26(34)36/h9-14,19-20H,2-8,15-18H2,1H3,(H,31,32,38). The first kappa shape index (κ1) is 26.2. The Labute approximate surface area is 227 Å². The van der Waals surface area contributed by atoms with E-state index >= 15 is 0 Å². The number of rotatable bonds is 9. The van der Waals surface area contributed by atoms with Crippen LogP contribution in [-0.2, 0) is 16.1 Å². The highest BCUT2D eigenvalue weighted by Crippen LogP contribution is 2.30. The van der Waals surface area contributed by atoms with Crippen LogP contribution >= 0.6 is 11.6 Å². The molecule has 2 fully saturated rings. The number of carbonyl (C=O) groups is 3. The van der Waals surface area contributed by atoms with Crippen molar-refractivity contribution in [2.45, 2.75) is 57.9 Å².